The number of benzene rings is 1. The predicted octanol–water partition coefficient (Wildman–Crippen LogP) is 1.07. The lowest BCUT2D eigenvalue weighted by Gasteiger charge is -2.05. The van der Waals surface area contributed by atoms with Crippen molar-refractivity contribution in [2.24, 2.45) is 5.73 Å². The van der Waals surface area contributed by atoms with Gasteiger partial charge in [0.2, 0.25) is 0 Å². The van der Waals surface area contributed by atoms with Crippen LogP contribution in [-0.2, 0) is 11.2 Å². The molecule has 0 saturated heterocycles. The van der Waals surface area contributed by atoms with Crippen molar-refractivity contribution in [2.45, 2.75) is 12.5 Å². The molecule has 0 aromatic heterocycles. The van der Waals surface area contributed by atoms with Crippen molar-refractivity contribution in [3.05, 3.63) is 27.3 Å². The molecule has 0 spiro atoms. The van der Waals surface area contributed by atoms with Gasteiger partial charge in [0.15, 0.2) is 0 Å². The maximum Gasteiger partial charge on any atom is 0.137 e. The van der Waals surface area contributed by atoms with Crippen molar-refractivity contribution in [3.8, 4) is 5.75 Å². The van der Waals surface area contributed by atoms with Crippen LogP contribution in [0.4, 0.5) is 0 Å². The Morgan fingerprint density at radius 3 is 2.85 bits per heavy atom. The van der Waals surface area contributed by atoms with Crippen LogP contribution in [0.1, 0.15) is 5.56 Å². The minimum absolute atomic E-state index is 0.254. The van der Waals surface area contributed by atoms with E-state index in [2.05, 4.69) is 0 Å². The quantitative estimate of drug-likeness (QED) is 0.646. The fourth-order valence-electron chi connectivity index (χ4n) is 0.998. The number of aromatic hydroxyl groups is 1. The standard InChI is InChI=1S/C9H10INO2/c10-8-4-6(1-2-9(8)13)3-7(11)5-12/h1-2,4-5,7,13H,3,11H2/t7-/m0/s1. The molecular weight excluding hydrogens is 281 g/mol. The Labute approximate surface area is 90.1 Å². The summed E-state index contributed by atoms with van der Waals surface area (Å²) in [5.74, 6) is 0.254. The van der Waals surface area contributed by atoms with Gasteiger partial charge in [-0.05, 0) is 46.7 Å². The third-order valence-corrected chi connectivity index (χ3v) is 2.52. The zero-order valence-corrected chi connectivity index (χ0v) is 9.06. The van der Waals surface area contributed by atoms with E-state index in [-0.39, 0.29) is 5.75 Å². The summed E-state index contributed by atoms with van der Waals surface area (Å²) in [5, 5.41) is 9.23. The normalized spacial score (nSPS) is 12.5. The zero-order chi connectivity index (χ0) is 9.84. The van der Waals surface area contributed by atoms with Gasteiger partial charge in [-0.1, -0.05) is 6.07 Å². The van der Waals surface area contributed by atoms with Gasteiger partial charge in [0.1, 0.15) is 12.0 Å². The molecule has 70 valence electrons. The molecule has 0 saturated carbocycles. The third kappa shape index (κ3) is 2.96. The number of rotatable bonds is 3. The average molecular weight is 291 g/mol. The van der Waals surface area contributed by atoms with Crippen LogP contribution < -0.4 is 5.73 Å². The second kappa shape index (κ2) is 4.57. The summed E-state index contributed by atoms with van der Waals surface area (Å²) in [6.45, 7) is 0. The molecule has 13 heavy (non-hydrogen) atoms. The number of phenols is 1. The summed E-state index contributed by atoms with van der Waals surface area (Å²) in [7, 11) is 0. The summed E-state index contributed by atoms with van der Waals surface area (Å²) in [5.41, 5.74) is 6.42. The number of carbonyl (C=O) groups is 1. The highest BCUT2D eigenvalue weighted by Crippen LogP contribution is 2.20. The molecule has 0 aliphatic carbocycles. The Morgan fingerprint density at radius 1 is 1.62 bits per heavy atom. The van der Waals surface area contributed by atoms with Crippen LogP contribution in [0.5, 0.6) is 5.75 Å². The van der Waals surface area contributed by atoms with E-state index in [1.165, 1.54) is 0 Å². The Hall–Kier alpha value is -0.620. The van der Waals surface area contributed by atoms with E-state index in [1.54, 1.807) is 12.1 Å². The summed E-state index contributed by atoms with van der Waals surface area (Å²) >= 11 is 2.03. The van der Waals surface area contributed by atoms with Gasteiger partial charge in [0, 0.05) is 0 Å². The fourth-order valence-corrected chi connectivity index (χ4v) is 1.58. The van der Waals surface area contributed by atoms with E-state index < -0.39 is 6.04 Å². The molecule has 3 N–H and O–H groups in total. The van der Waals surface area contributed by atoms with Crippen LogP contribution in [0.2, 0.25) is 0 Å². The molecule has 0 amide bonds. The number of hydrogen-bond donors (Lipinski definition) is 2. The first kappa shape index (κ1) is 10.5. The fraction of sp³-hybridized carbons (Fsp3) is 0.222. The van der Waals surface area contributed by atoms with Gasteiger partial charge < -0.3 is 15.6 Å². The Kier molecular flexibility index (Phi) is 3.68. The maximum absolute atomic E-state index is 10.3. The van der Waals surface area contributed by atoms with Crippen LogP contribution in [0.15, 0.2) is 18.2 Å². The zero-order valence-electron chi connectivity index (χ0n) is 6.90. The second-order valence-corrected chi connectivity index (χ2v) is 3.95. The van der Waals surface area contributed by atoms with E-state index in [4.69, 9.17) is 5.73 Å². The molecule has 0 heterocycles. The second-order valence-electron chi connectivity index (χ2n) is 2.79. The highest BCUT2D eigenvalue weighted by molar-refractivity contribution is 14.1. The first-order valence-corrected chi connectivity index (χ1v) is 4.89. The number of halogens is 1. The average Bonchev–Trinajstić information content (AvgIpc) is 2.11. The Morgan fingerprint density at radius 2 is 2.31 bits per heavy atom. The van der Waals surface area contributed by atoms with Crippen LogP contribution in [0.3, 0.4) is 0 Å². The molecule has 4 heteroatoms. The SMILES string of the molecule is N[C@H](C=O)Cc1ccc(O)c(I)c1. The maximum atomic E-state index is 10.3. The minimum atomic E-state index is -0.458. The minimum Gasteiger partial charge on any atom is -0.507 e. The third-order valence-electron chi connectivity index (χ3n) is 1.66. The van der Waals surface area contributed by atoms with Crippen LogP contribution in [-0.4, -0.2) is 17.4 Å². The van der Waals surface area contributed by atoms with E-state index >= 15 is 0 Å². The Bertz CT molecular complexity index is 314. The van der Waals surface area contributed by atoms with Crippen molar-refractivity contribution in [3.63, 3.8) is 0 Å². The molecule has 0 fully saturated rings. The Balaban J connectivity index is 2.79. The highest BCUT2D eigenvalue weighted by Gasteiger charge is 2.04. The molecule has 3 nitrogen and oxygen atoms in total. The first-order valence-electron chi connectivity index (χ1n) is 3.81. The molecule has 0 aliphatic heterocycles. The van der Waals surface area contributed by atoms with Crippen LogP contribution >= 0.6 is 22.6 Å². The lowest BCUT2D eigenvalue weighted by atomic mass is 10.1. The van der Waals surface area contributed by atoms with Gasteiger partial charge in [-0.3, -0.25) is 0 Å². The lowest BCUT2D eigenvalue weighted by molar-refractivity contribution is -0.108. The molecule has 1 aromatic carbocycles. The molecule has 0 aliphatic rings. The highest BCUT2D eigenvalue weighted by atomic mass is 127. The van der Waals surface area contributed by atoms with Gasteiger partial charge in [0.25, 0.3) is 0 Å². The smallest absolute Gasteiger partial charge is 0.137 e. The van der Waals surface area contributed by atoms with Gasteiger partial charge in [-0.15, -0.1) is 0 Å². The van der Waals surface area contributed by atoms with Gasteiger partial charge in [-0.2, -0.15) is 0 Å². The van der Waals surface area contributed by atoms with Gasteiger partial charge in [-0.25, -0.2) is 0 Å². The number of hydrogen-bond acceptors (Lipinski definition) is 3. The topological polar surface area (TPSA) is 63.3 Å². The lowest BCUT2D eigenvalue weighted by Crippen LogP contribution is -2.24. The summed E-state index contributed by atoms with van der Waals surface area (Å²) < 4.78 is 0.771. The van der Waals surface area contributed by atoms with Crippen molar-refractivity contribution < 1.29 is 9.90 Å². The molecule has 0 unspecified atom stereocenters. The van der Waals surface area contributed by atoms with Gasteiger partial charge in [0.05, 0.1) is 9.61 Å². The van der Waals surface area contributed by atoms with Crippen molar-refractivity contribution in [2.75, 3.05) is 0 Å². The van der Waals surface area contributed by atoms with E-state index in [1.807, 2.05) is 28.7 Å². The van der Waals surface area contributed by atoms with Crippen molar-refractivity contribution in [1.29, 1.82) is 0 Å². The largest absolute Gasteiger partial charge is 0.507 e. The summed E-state index contributed by atoms with van der Waals surface area (Å²) in [6.07, 6.45) is 1.24. The summed E-state index contributed by atoms with van der Waals surface area (Å²) in [6, 6.07) is 4.73. The molecule has 0 bridgehead atoms. The molecule has 1 aromatic rings. The van der Waals surface area contributed by atoms with E-state index in [9.17, 15) is 9.90 Å². The number of nitrogens with two attached hydrogens (primary N) is 1. The van der Waals surface area contributed by atoms with Gasteiger partial charge >= 0.3 is 0 Å². The first-order chi connectivity index (χ1) is 6.13. The van der Waals surface area contributed by atoms with Crippen molar-refractivity contribution >= 4 is 28.9 Å². The van der Waals surface area contributed by atoms with E-state index in [0.29, 0.717) is 6.42 Å². The molecule has 0 radical (unpaired) electrons. The molecular formula is C9H10INO2. The molecule has 1 rings (SSSR count). The number of aldehydes is 1. The summed E-state index contributed by atoms with van der Waals surface area (Å²) in [4.78, 5) is 10.3. The van der Waals surface area contributed by atoms with Crippen molar-refractivity contribution in [1.82, 2.24) is 0 Å². The van der Waals surface area contributed by atoms with Crippen LogP contribution in [0.25, 0.3) is 0 Å². The monoisotopic (exact) mass is 291 g/mol. The van der Waals surface area contributed by atoms with Crippen LogP contribution in [0, 0.1) is 3.57 Å². The number of phenolic OH excluding ortho intramolecular Hbond substituents is 1. The number of carbonyl (C=O) groups excluding carboxylic acids is 1. The molecule has 1 atom stereocenters. The van der Waals surface area contributed by atoms with E-state index in [0.717, 1.165) is 15.4 Å². The predicted molar refractivity (Wildman–Crippen MR) is 58.6 cm³/mol.